The highest BCUT2D eigenvalue weighted by molar-refractivity contribution is 5.26. The second-order valence-corrected chi connectivity index (χ2v) is 6.17. The van der Waals surface area contributed by atoms with Crippen molar-refractivity contribution >= 4 is 0 Å². The van der Waals surface area contributed by atoms with Crippen LogP contribution in [0.5, 0.6) is 5.75 Å². The first kappa shape index (κ1) is 13.4. The molecule has 0 radical (unpaired) electrons. The number of phenols is 1. The largest absolute Gasteiger partial charge is 0.508 e. The van der Waals surface area contributed by atoms with Gasteiger partial charge in [-0.05, 0) is 55.2 Å². The van der Waals surface area contributed by atoms with Gasteiger partial charge in [-0.25, -0.2) is 0 Å². The van der Waals surface area contributed by atoms with Crippen molar-refractivity contribution in [2.45, 2.75) is 46.1 Å². The summed E-state index contributed by atoms with van der Waals surface area (Å²) >= 11 is 0. The first-order valence-electron chi connectivity index (χ1n) is 7.03. The maximum Gasteiger partial charge on any atom is 0.115 e. The summed E-state index contributed by atoms with van der Waals surface area (Å²) in [6.07, 6.45) is 3.78. The van der Waals surface area contributed by atoms with Crippen molar-refractivity contribution in [2.24, 2.45) is 11.3 Å². The van der Waals surface area contributed by atoms with Crippen molar-refractivity contribution < 1.29 is 5.11 Å². The molecule has 1 aliphatic rings. The quantitative estimate of drug-likeness (QED) is 0.808. The second kappa shape index (κ2) is 5.31. The Bertz CT molecular complexity index is 379. The Balaban J connectivity index is 1.79. The summed E-state index contributed by atoms with van der Waals surface area (Å²) in [5.74, 6) is 1.13. The van der Waals surface area contributed by atoms with E-state index in [9.17, 15) is 5.11 Å². The zero-order chi connectivity index (χ0) is 13.2. The van der Waals surface area contributed by atoms with Crippen LogP contribution in [0.2, 0.25) is 0 Å². The van der Waals surface area contributed by atoms with Crippen LogP contribution >= 0.6 is 0 Å². The summed E-state index contributed by atoms with van der Waals surface area (Å²) < 4.78 is 0. The molecule has 0 saturated heterocycles. The van der Waals surface area contributed by atoms with Gasteiger partial charge in [0.05, 0.1) is 0 Å². The van der Waals surface area contributed by atoms with Gasteiger partial charge in [-0.1, -0.05) is 26.0 Å². The Labute approximate surface area is 110 Å². The number of aromatic hydroxyl groups is 1. The van der Waals surface area contributed by atoms with E-state index in [4.69, 9.17) is 0 Å². The molecule has 0 heterocycles. The van der Waals surface area contributed by atoms with Crippen molar-refractivity contribution in [3.05, 3.63) is 29.8 Å². The normalized spacial score (nSPS) is 18.9. The molecule has 100 valence electrons. The predicted octanol–water partition coefficient (Wildman–Crippen LogP) is 3.35. The van der Waals surface area contributed by atoms with Crippen molar-refractivity contribution in [3.63, 3.8) is 0 Å². The minimum atomic E-state index is 0.344. The molecule has 0 bridgehead atoms. The van der Waals surface area contributed by atoms with Crippen LogP contribution in [0.1, 0.15) is 39.2 Å². The number of benzene rings is 1. The van der Waals surface area contributed by atoms with Gasteiger partial charge in [0.1, 0.15) is 5.75 Å². The van der Waals surface area contributed by atoms with Gasteiger partial charge in [0.15, 0.2) is 0 Å². The van der Waals surface area contributed by atoms with Crippen LogP contribution in [-0.2, 0) is 6.42 Å². The van der Waals surface area contributed by atoms with E-state index in [2.05, 4.69) is 26.1 Å². The average Bonchev–Trinajstić information content (AvgIpc) is 3.11. The molecule has 1 atom stereocenters. The SMILES string of the molecule is CC(Cc1ccc(O)cc1)NCC1(C(C)C)CC1. The Hall–Kier alpha value is -1.02. The third kappa shape index (κ3) is 3.26. The van der Waals surface area contributed by atoms with Crippen molar-refractivity contribution in [1.82, 2.24) is 5.32 Å². The Morgan fingerprint density at radius 2 is 1.78 bits per heavy atom. The molecule has 18 heavy (non-hydrogen) atoms. The topological polar surface area (TPSA) is 32.3 Å². The van der Waals surface area contributed by atoms with Gasteiger partial charge in [0.25, 0.3) is 0 Å². The molecule has 1 fully saturated rings. The fourth-order valence-corrected chi connectivity index (χ4v) is 2.55. The van der Waals surface area contributed by atoms with Gasteiger partial charge in [-0.15, -0.1) is 0 Å². The first-order valence-corrected chi connectivity index (χ1v) is 7.03. The third-order valence-corrected chi connectivity index (χ3v) is 4.40. The van der Waals surface area contributed by atoms with E-state index in [1.807, 2.05) is 12.1 Å². The average molecular weight is 247 g/mol. The molecule has 1 saturated carbocycles. The van der Waals surface area contributed by atoms with Gasteiger partial charge < -0.3 is 10.4 Å². The lowest BCUT2D eigenvalue weighted by Gasteiger charge is -2.23. The molecule has 1 aromatic rings. The lowest BCUT2D eigenvalue weighted by Crippen LogP contribution is -2.35. The molecule has 2 N–H and O–H groups in total. The zero-order valence-corrected chi connectivity index (χ0v) is 11.7. The molecule has 0 spiro atoms. The van der Waals surface area contributed by atoms with E-state index < -0.39 is 0 Å². The van der Waals surface area contributed by atoms with Crippen LogP contribution in [0.15, 0.2) is 24.3 Å². The Morgan fingerprint density at radius 3 is 2.28 bits per heavy atom. The number of nitrogens with one attached hydrogen (secondary N) is 1. The second-order valence-electron chi connectivity index (χ2n) is 6.17. The van der Waals surface area contributed by atoms with Gasteiger partial charge in [0, 0.05) is 12.6 Å². The van der Waals surface area contributed by atoms with Crippen molar-refractivity contribution in [2.75, 3.05) is 6.54 Å². The molecule has 0 aromatic heterocycles. The molecule has 2 heteroatoms. The lowest BCUT2D eigenvalue weighted by molar-refractivity contribution is 0.323. The maximum absolute atomic E-state index is 9.25. The van der Waals surface area contributed by atoms with Crippen LogP contribution in [-0.4, -0.2) is 17.7 Å². The van der Waals surface area contributed by atoms with E-state index in [1.165, 1.54) is 18.4 Å². The molecular formula is C16H25NO. The van der Waals surface area contributed by atoms with E-state index in [0.717, 1.165) is 18.9 Å². The fourth-order valence-electron chi connectivity index (χ4n) is 2.55. The molecular weight excluding hydrogens is 222 g/mol. The minimum absolute atomic E-state index is 0.344. The van der Waals surface area contributed by atoms with E-state index in [1.54, 1.807) is 12.1 Å². The molecule has 0 aliphatic heterocycles. The molecule has 0 amide bonds. The monoisotopic (exact) mass is 247 g/mol. The lowest BCUT2D eigenvalue weighted by atomic mass is 9.92. The van der Waals surface area contributed by atoms with Crippen LogP contribution in [0.3, 0.4) is 0 Å². The summed E-state index contributed by atoms with van der Waals surface area (Å²) in [7, 11) is 0. The molecule has 1 aliphatic carbocycles. The Kier molecular flexibility index (Phi) is 3.96. The van der Waals surface area contributed by atoms with Crippen LogP contribution in [0, 0.1) is 11.3 Å². The van der Waals surface area contributed by atoms with Crippen molar-refractivity contribution in [1.29, 1.82) is 0 Å². The maximum atomic E-state index is 9.25. The van der Waals surface area contributed by atoms with Crippen LogP contribution in [0.4, 0.5) is 0 Å². The highest BCUT2D eigenvalue weighted by Crippen LogP contribution is 2.51. The summed E-state index contributed by atoms with van der Waals surface area (Å²) in [4.78, 5) is 0. The minimum Gasteiger partial charge on any atom is -0.508 e. The van der Waals surface area contributed by atoms with Gasteiger partial charge >= 0.3 is 0 Å². The van der Waals surface area contributed by atoms with Crippen LogP contribution < -0.4 is 5.32 Å². The van der Waals surface area contributed by atoms with E-state index in [0.29, 0.717) is 17.2 Å². The third-order valence-electron chi connectivity index (χ3n) is 4.40. The van der Waals surface area contributed by atoms with E-state index >= 15 is 0 Å². The summed E-state index contributed by atoms with van der Waals surface area (Å²) in [6, 6.07) is 8.02. The fraction of sp³-hybridized carbons (Fsp3) is 0.625. The van der Waals surface area contributed by atoms with Gasteiger partial charge in [-0.2, -0.15) is 0 Å². The standard InChI is InChI=1S/C16H25NO/c1-12(2)16(8-9-16)11-17-13(3)10-14-4-6-15(18)7-5-14/h4-7,12-13,17-18H,8-11H2,1-3H3. The number of rotatable bonds is 6. The number of phenolic OH excluding ortho intramolecular Hbond substituents is 1. The smallest absolute Gasteiger partial charge is 0.115 e. The molecule has 2 nitrogen and oxygen atoms in total. The summed E-state index contributed by atoms with van der Waals surface area (Å²) in [5, 5.41) is 12.9. The van der Waals surface area contributed by atoms with E-state index in [-0.39, 0.29) is 0 Å². The van der Waals surface area contributed by atoms with Gasteiger partial charge in [-0.3, -0.25) is 0 Å². The molecule has 1 unspecified atom stereocenters. The van der Waals surface area contributed by atoms with Crippen molar-refractivity contribution in [3.8, 4) is 5.75 Å². The Morgan fingerprint density at radius 1 is 1.17 bits per heavy atom. The molecule has 2 rings (SSSR count). The first-order chi connectivity index (χ1) is 8.52. The van der Waals surface area contributed by atoms with Gasteiger partial charge in [0.2, 0.25) is 0 Å². The predicted molar refractivity (Wildman–Crippen MR) is 75.8 cm³/mol. The summed E-state index contributed by atoms with van der Waals surface area (Å²) in [6.45, 7) is 8.05. The van der Waals surface area contributed by atoms with Crippen LogP contribution in [0.25, 0.3) is 0 Å². The number of hydrogen-bond donors (Lipinski definition) is 2. The number of hydrogen-bond acceptors (Lipinski definition) is 2. The highest BCUT2D eigenvalue weighted by Gasteiger charge is 2.44. The summed E-state index contributed by atoms with van der Waals surface area (Å²) in [5.41, 5.74) is 1.85. The molecule has 1 aromatic carbocycles. The highest BCUT2D eigenvalue weighted by atomic mass is 16.3. The zero-order valence-electron chi connectivity index (χ0n) is 11.7.